The summed E-state index contributed by atoms with van der Waals surface area (Å²) in [7, 11) is 0. The third kappa shape index (κ3) is 6.03. The predicted molar refractivity (Wildman–Crippen MR) is 68.3 cm³/mol. The number of rotatable bonds is 7. The Morgan fingerprint density at radius 2 is 1.78 bits per heavy atom. The van der Waals surface area contributed by atoms with Crippen molar-refractivity contribution in [2.75, 3.05) is 26.2 Å². The molecule has 3 nitrogen and oxygen atoms in total. The van der Waals surface area contributed by atoms with Crippen molar-refractivity contribution >= 4 is 5.97 Å². The minimum absolute atomic E-state index is 0. The predicted octanol–water partition coefficient (Wildman–Crippen LogP) is -1.84. The zero-order valence-corrected chi connectivity index (χ0v) is 11.9. The molecule has 0 radical (unpaired) electrons. The molecule has 0 heterocycles. The van der Waals surface area contributed by atoms with Gasteiger partial charge < -0.3 is 22.0 Å². The zero-order chi connectivity index (χ0) is 12.5. The molecular formula is C14H22ClNO2. The number of halogens is 1. The van der Waals surface area contributed by atoms with Gasteiger partial charge >= 0.3 is 5.97 Å². The fourth-order valence-electron chi connectivity index (χ4n) is 1.75. The standard InChI is InChI=1S/C14H21NO2.ClH/c1-3-15(4-2)11-8-12-17-14(16)13-9-6-5-7-10-13;/h5-7,9-10H,3-4,8,11-12H2,1-2H3;1H. The molecule has 0 bridgehead atoms. The number of hydrogen-bond acceptors (Lipinski definition) is 2. The highest BCUT2D eigenvalue weighted by Crippen LogP contribution is 2.00. The van der Waals surface area contributed by atoms with Gasteiger partial charge in [-0.15, -0.1) is 0 Å². The molecule has 0 amide bonds. The average molecular weight is 272 g/mol. The molecule has 0 unspecified atom stereocenters. The maximum absolute atomic E-state index is 11.6. The summed E-state index contributed by atoms with van der Waals surface area (Å²) in [4.78, 5) is 13.1. The molecule has 0 saturated heterocycles. The van der Waals surface area contributed by atoms with Crippen LogP contribution in [0.4, 0.5) is 0 Å². The van der Waals surface area contributed by atoms with E-state index in [9.17, 15) is 4.79 Å². The molecule has 0 aliphatic rings. The number of nitrogens with one attached hydrogen (secondary N) is 1. The van der Waals surface area contributed by atoms with Crippen LogP contribution in [0.2, 0.25) is 0 Å². The number of carbonyl (C=O) groups excluding carboxylic acids is 1. The first-order valence-corrected chi connectivity index (χ1v) is 6.33. The van der Waals surface area contributed by atoms with Gasteiger partial charge in [-0.1, -0.05) is 18.2 Å². The molecule has 0 aromatic heterocycles. The Labute approximate surface area is 116 Å². The second-order valence-corrected chi connectivity index (χ2v) is 4.06. The first-order valence-electron chi connectivity index (χ1n) is 6.33. The van der Waals surface area contributed by atoms with Crippen LogP contribution in [-0.4, -0.2) is 32.2 Å². The van der Waals surface area contributed by atoms with Gasteiger partial charge in [0.25, 0.3) is 0 Å². The van der Waals surface area contributed by atoms with Crippen molar-refractivity contribution in [1.82, 2.24) is 0 Å². The van der Waals surface area contributed by atoms with Gasteiger partial charge in [-0.2, -0.15) is 0 Å². The van der Waals surface area contributed by atoms with Crippen molar-refractivity contribution in [2.24, 2.45) is 0 Å². The van der Waals surface area contributed by atoms with E-state index in [0.717, 1.165) is 26.1 Å². The van der Waals surface area contributed by atoms with Gasteiger partial charge in [0.15, 0.2) is 0 Å². The van der Waals surface area contributed by atoms with Crippen LogP contribution in [0, 0.1) is 0 Å². The SMILES string of the molecule is CC[NH+](CC)CCCOC(=O)c1ccccc1.[Cl-]. The first kappa shape index (κ1) is 16.9. The molecule has 0 saturated carbocycles. The lowest BCUT2D eigenvalue weighted by atomic mass is 10.2. The van der Waals surface area contributed by atoms with Gasteiger partial charge in [-0.05, 0) is 26.0 Å². The molecule has 1 aromatic carbocycles. The average Bonchev–Trinajstić information content (AvgIpc) is 2.40. The Morgan fingerprint density at radius 1 is 1.17 bits per heavy atom. The van der Waals surface area contributed by atoms with Gasteiger partial charge in [-0.3, -0.25) is 0 Å². The third-order valence-corrected chi connectivity index (χ3v) is 2.92. The topological polar surface area (TPSA) is 30.7 Å². The Kier molecular flexibility index (Phi) is 9.33. The molecule has 1 rings (SSSR count). The Balaban J connectivity index is 0.00000289. The lowest BCUT2D eigenvalue weighted by molar-refractivity contribution is -0.896. The lowest BCUT2D eigenvalue weighted by Crippen LogP contribution is -3.11. The zero-order valence-electron chi connectivity index (χ0n) is 11.1. The van der Waals surface area contributed by atoms with Crippen LogP contribution < -0.4 is 17.3 Å². The van der Waals surface area contributed by atoms with Crippen LogP contribution in [0.1, 0.15) is 30.6 Å². The summed E-state index contributed by atoms with van der Waals surface area (Å²) in [6.45, 7) is 8.18. The molecular weight excluding hydrogens is 250 g/mol. The number of quaternary nitrogens is 1. The van der Waals surface area contributed by atoms with E-state index in [1.54, 1.807) is 17.0 Å². The van der Waals surface area contributed by atoms with Crippen molar-refractivity contribution in [3.8, 4) is 0 Å². The van der Waals surface area contributed by atoms with Gasteiger partial charge in [-0.25, -0.2) is 4.79 Å². The summed E-state index contributed by atoms with van der Waals surface area (Å²) in [6.07, 6.45) is 0.926. The summed E-state index contributed by atoms with van der Waals surface area (Å²) in [6, 6.07) is 9.13. The van der Waals surface area contributed by atoms with Crippen molar-refractivity contribution in [1.29, 1.82) is 0 Å². The van der Waals surface area contributed by atoms with E-state index in [2.05, 4.69) is 13.8 Å². The van der Waals surface area contributed by atoms with Gasteiger partial charge in [0.2, 0.25) is 0 Å². The molecule has 0 atom stereocenters. The van der Waals surface area contributed by atoms with Crippen LogP contribution in [0.3, 0.4) is 0 Å². The Bertz CT molecular complexity index is 326. The highest BCUT2D eigenvalue weighted by molar-refractivity contribution is 5.89. The van der Waals surface area contributed by atoms with Crippen LogP contribution in [0.15, 0.2) is 30.3 Å². The smallest absolute Gasteiger partial charge is 0.338 e. The van der Waals surface area contributed by atoms with Crippen LogP contribution in [0.5, 0.6) is 0 Å². The van der Waals surface area contributed by atoms with E-state index < -0.39 is 0 Å². The van der Waals surface area contributed by atoms with E-state index in [0.29, 0.717) is 12.2 Å². The minimum Gasteiger partial charge on any atom is -1.00 e. The number of ether oxygens (including phenoxy) is 1. The van der Waals surface area contributed by atoms with Crippen LogP contribution in [-0.2, 0) is 4.74 Å². The van der Waals surface area contributed by atoms with E-state index in [1.165, 1.54) is 0 Å². The maximum Gasteiger partial charge on any atom is 0.338 e. The van der Waals surface area contributed by atoms with Crippen molar-refractivity contribution in [3.05, 3.63) is 35.9 Å². The van der Waals surface area contributed by atoms with Gasteiger partial charge in [0.05, 0.1) is 31.8 Å². The van der Waals surface area contributed by atoms with E-state index in [1.807, 2.05) is 18.2 Å². The van der Waals surface area contributed by atoms with Crippen LogP contribution >= 0.6 is 0 Å². The van der Waals surface area contributed by atoms with E-state index in [4.69, 9.17) is 4.74 Å². The van der Waals surface area contributed by atoms with Crippen molar-refractivity contribution < 1.29 is 26.8 Å². The second-order valence-electron chi connectivity index (χ2n) is 4.06. The van der Waals surface area contributed by atoms with E-state index >= 15 is 0 Å². The van der Waals surface area contributed by atoms with E-state index in [-0.39, 0.29) is 18.4 Å². The monoisotopic (exact) mass is 271 g/mol. The normalized spacial score (nSPS) is 9.94. The maximum atomic E-state index is 11.6. The molecule has 0 aliphatic carbocycles. The molecule has 4 heteroatoms. The molecule has 0 aliphatic heterocycles. The van der Waals surface area contributed by atoms with Crippen LogP contribution in [0.25, 0.3) is 0 Å². The number of esters is 1. The summed E-state index contributed by atoms with van der Waals surface area (Å²) >= 11 is 0. The lowest BCUT2D eigenvalue weighted by Gasteiger charge is -2.14. The third-order valence-electron chi connectivity index (χ3n) is 2.92. The van der Waals surface area contributed by atoms with Crippen molar-refractivity contribution in [3.63, 3.8) is 0 Å². The summed E-state index contributed by atoms with van der Waals surface area (Å²) in [5.74, 6) is -0.222. The fraction of sp³-hybridized carbons (Fsp3) is 0.500. The molecule has 0 spiro atoms. The van der Waals surface area contributed by atoms with Gasteiger partial charge in [0.1, 0.15) is 0 Å². The first-order chi connectivity index (χ1) is 8.27. The van der Waals surface area contributed by atoms with Gasteiger partial charge in [0, 0.05) is 6.42 Å². The molecule has 1 aromatic rings. The van der Waals surface area contributed by atoms with Crippen molar-refractivity contribution in [2.45, 2.75) is 20.3 Å². The highest BCUT2D eigenvalue weighted by atomic mass is 35.5. The summed E-state index contributed by atoms with van der Waals surface area (Å²) in [5.41, 5.74) is 0.627. The second kappa shape index (κ2) is 9.92. The molecule has 102 valence electrons. The highest BCUT2D eigenvalue weighted by Gasteiger charge is 2.06. The fourth-order valence-corrected chi connectivity index (χ4v) is 1.75. The quantitative estimate of drug-likeness (QED) is 0.467. The number of hydrogen-bond donors (Lipinski definition) is 1. The largest absolute Gasteiger partial charge is 1.00 e. The summed E-state index contributed by atoms with van der Waals surface area (Å²) < 4.78 is 5.22. The minimum atomic E-state index is -0.222. The molecule has 0 fully saturated rings. The molecule has 18 heavy (non-hydrogen) atoms. The Hall–Kier alpha value is -1.06. The summed E-state index contributed by atoms with van der Waals surface area (Å²) in [5, 5.41) is 0. The molecule has 1 N–H and O–H groups in total. The Morgan fingerprint density at radius 3 is 2.33 bits per heavy atom. The number of carbonyl (C=O) groups is 1. The number of benzene rings is 1.